The summed E-state index contributed by atoms with van der Waals surface area (Å²) >= 11 is 0. The van der Waals surface area contributed by atoms with Crippen molar-refractivity contribution in [3.05, 3.63) is 66.4 Å². The van der Waals surface area contributed by atoms with Gasteiger partial charge in [0.05, 0.1) is 13.7 Å². The van der Waals surface area contributed by atoms with E-state index in [0.29, 0.717) is 13.1 Å². The molecule has 4 amide bonds. The van der Waals surface area contributed by atoms with E-state index in [1.54, 1.807) is 7.11 Å². The second kappa shape index (κ2) is 9.55. The van der Waals surface area contributed by atoms with Crippen molar-refractivity contribution in [3.63, 3.8) is 0 Å². The molecule has 1 saturated heterocycles. The lowest BCUT2D eigenvalue weighted by Crippen LogP contribution is -2.33. The minimum absolute atomic E-state index is 0.147. The molecule has 1 atom stereocenters. The van der Waals surface area contributed by atoms with Crippen LogP contribution in [-0.2, 0) is 22.7 Å². The van der Waals surface area contributed by atoms with Gasteiger partial charge in [-0.3, -0.25) is 14.5 Å². The number of ether oxygens (including phenoxy) is 1. The number of hydrogen-bond acceptors (Lipinski definition) is 4. The van der Waals surface area contributed by atoms with E-state index in [-0.39, 0.29) is 31.2 Å². The van der Waals surface area contributed by atoms with E-state index in [2.05, 4.69) is 15.2 Å². The maximum Gasteiger partial charge on any atom is 0.325 e. The Morgan fingerprint density at radius 2 is 1.94 bits per heavy atom. The number of aromatic nitrogens is 1. The topological polar surface area (TPSA) is 92.7 Å². The highest BCUT2D eigenvalue weighted by molar-refractivity contribution is 6.04. The maximum absolute atomic E-state index is 12.6. The lowest BCUT2D eigenvalue weighted by atomic mass is 10.1. The summed E-state index contributed by atoms with van der Waals surface area (Å²) in [5, 5.41) is 6.64. The van der Waals surface area contributed by atoms with Crippen LogP contribution >= 0.6 is 0 Å². The van der Waals surface area contributed by atoms with E-state index in [0.717, 1.165) is 22.2 Å². The molecule has 0 saturated carbocycles. The van der Waals surface area contributed by atoms with Crippen LogP contribution in [0, 0.1) is 0 Å². The van der Waals surface area contributed by atoms with Crippen LogP contribution in [0.4, 0.5) is 4.79 Å². The fourth-order valence-electron chi connectivity index (χ4n) is 3.87. The van der Waals surface area contributed by atoms with Gasteiger partial charge in [-0.05, 0) is 36.2 Å². The average Bonchev–Trinajstić information content (AvgIpc) is 3.33. The maximum atomic E-state index is 12.6. The number of imide groups is 1. The molecule has 4 rings (SSSR count). The third-order valence-corrected chi connectivity index (χ3v) is 5.60. The summed E-state index contributed by atoms with van der Waals surface area (Å²) in [6.07, 6.45) is 2.41. The molecule has 8 heteroatoms. The van der Waals surface area contributed by atoms with E-state index in [1.807, 2.05) is 60.8 Å². The van der Waals surface area contributed by atoms with Gasteiger partial charge in [-0.25, -0.2) is 4.79 Å². The number of amides is 4. The Morgan fingerprint density at radius 1 is 1.12 bits per heavy atom. The lowest BCUT2D eigenvalue weighted by Gasteiger charge is -2.13. The normalized spacial score (nSPS) is 15.8. The van der Waals surface area contributed by atoms with Crippen LogP contribution in [0.3, 0.4) is 0 Å². The molecule has 3 aromatic rings. The second-order valence-electron chi connectivity index (χ2n) is 7.73. The number of methoxy groups -OCH3 is 1. The first-order valence-electron chi connectivity index (χ1n) is 10.6. The molecular weight excluding hydrogens is 408 g/mol. The highest BCUT2D eigenvalue weighted by Crippen LogP contribution is 2.21. The van der Waals surface area contributed by atoms with Crippen molar-refractivity contribution in [2.24, 2.45) is 0 Å². The summed E-state index contributed by atoms with van der Waals surface area (Å²) in [7, 11) is 1.64. The predicted molar refractivity (Wildman–Crippen MR) is 120 cm³/mol. The van der Waals surface area contributed by atoms with Crippen molar-refractivity contribution >= 4 is 28.7 Å². The van der Waals surface area contributed by atoms with Crippen LogP contribution in [0.2, 0.25) is 0 Å². The van der Waals surface area contributed by atoms with Gasteiger partial charge in [0.25, 0.3) is 5.91 Å². The second-order valence-corrected chi connectivity index (χ2v) is 7.73. The molecule has 8 nitrogen and oxygen atoms in total. The zero-order valence-corrected chi connectivity index (χ0v) is 17.9. The van der Waals surface area contributed by atoms with E-state index < -0.39 is 12.1 Å². The van der Waals surface area contributed by atoms with E-state index in [1.165, 1.54) is 4.90 Å². The number of fused-ring (bicyclic) bond motifs is 1. The number of nitrogens with zero attached hydrogens (tertiary/aromatic N) is 2. The first kappa shape index (κ1) is 21.4. The van der Waals surface area contributed by atoms with Gasteiger partial charge in [0.1, 0.15) is 11.8 Å². The molecule has 1 aromatic heterocycles. The molecule has 0 radical (unpaired) electrons. The zero-order valence-electron chi connectivity index (χ0n) is 17.9. The summed E-state index contributed by atoms with van der Waals surface area (Å²) in [5.74, 6) is 0.368. The van der Waals surface area contributed by atoms with Crippen molar-refractivity contribution in [1.82, 2.24) is 20.1 Å². The number of benzene rings is 2. The number of hydrogen-bond donors (Lipinski definition) is 2. The van der Waals surface area contributed by atoms with Gasteiger partial charge in [0.15, 0.2) is 0 Å². The van der Waals surface area contributed by atoms with E-state index in [9.17, 15) is 14.4 Å². The van der Waals surface area contributed by atoms with Crippen molar-refractivity contribution in [2.45, 2.75) is 32.0 Å². The molecule has 0 bridgehead atoms. The summed E-state index contributed by atoms with van der Waals surface area (Å²) in [5.41, 5.74) is 1.95. The molecular formula is C24H26N4O4. The molecule has 1 aliphatic heterocycles. The Bertz CT molecular complexity index is 1130. The Morgan fingerprint density at radius 3 is 2.72 bits per heavy atom. The van der Waals surface area contributed by atoms with Crippen LogP contribution in [0.25, 0.3) is 10.9 Å². The molecule has 166 valence electrons. The van der Waals surface area contributed by atoms with Crippen molar-refractivity contribution < 1.29 is 19.1 Å². The molecule has 1 fully saturated rings. The number of carbonyl (C=O) groups excluding carboxylic acids is 3. The average molecular weight is 434 g/mol. The monoisotopic (exact) mass is 434 g/mol. The summed E-state index contributed by atoms with van der Waals surface area (Å²) in [4.78, 5) is 38.2. The number of rotatable bonds is 9. The molecule has 32 heavy (non-hydrogen) atoms. The molecule has 2 heterocycles. The predicted octanol–water partition coefficient (Wildman–Crippen LogP) is 2.67. The third-order valence-electron chi connectivity index (χ3n) is 5.60. The minimum atomic E-state index is -0.666. The Hall–Kier alpha value is -3.81. The van der Waals surface area contributed by atoms with Crippen LogP contribution in [-0.4, -0.2) is 47.0 Å². The van der Waals surface area contributed by atoms with Crippen LogP contribution < -0.4 is 15.4 Å². The Labute approximate surface area is 186 Å². The fraction of sp³-hybridized carbons (Fsp3) is 0.292. The molecule has 1 aliphatic rings. The zero-order chi connectivity index (χ0) is 22.5. The number of urea groups is 1. The first-order valence-corrected chi connectivity index (χ1v) is 10.6. The van der Waals surface area contributed by atoms with Crippen molar-refractivity contribution in [3.8, 4) is 5.75 Å². The highest BCUT2D eigenvalue weighted by Gasteiger charge is 2.37. The SMILES string of the molecule is COc1ccc2c(ccn2CCNC(=O)CC[C@@H]2NC(=O)N(Cc3ccccc3)C2=O)c1. The summed E-state index contributed by atoms with van der Waals surface area (Å²) in [6, 6.07) is 16.1. The van der Waals surface area contributed by atoms with E-state index in [4.69, 9.17) is 4.74 Å². The minimum Gasteiger partial charge on any atom is -0.497 e. The van der Waals surface area contributed by atoms with Crippen LogP contribution in [0.1, 0.15) is 18.4 Å². The number of nitrogens with one attached hydrogen (secondary N) is 2. The highest BCUT2D eigenvalue weighted by atomic mass is 16.5. The van der Waals surface area contributed by atoms with Gasteiger partial charge < -0.3 is 19.9 Å². The Balaban J connectivity index is 1.23. The van der Waals surface area contributed by atoms with Crippen LogP contribution in [0.15, 0.2) is 60.8 Å². The van der Waals surface area contributed by atoms with Gasteiger partial charge in [-0.15, -0.1) is 0 Å². The quantitative estimate of drug-likeness (QED) is 0.507. The molecule has 0 unspecified atom stereocenters. The standard InChI is InChI=1S/C24H26N4O4/c1-32-19-7-9-21-18(15-19)11-13-27(21)14-12-25-22(29)10-8-20-23(30)28(24(31)26-20)16-17-5-3-2-4-6-17/h2-7,9,11,13,15,20H,8,10,12,14,16H2,1H3,(H,25,29)(H,26,31)/t20-/m0/s1. The fourth-order valence-corrected chi connectivity index (χ4v) is 3.87. The lowest BCUT2D eigenvalue weighted by molar-refractivity contribution is -0.128. The summed E-state index contributed by atoms with van der Waals surface area (Å²) in [6.45, 7) is 1.33. The smallest absolute Gasteiger partial charge is 0.325 e. The van der Waals surface area contributed by atoms with Gasteiger partial charge in [0, 0.05) is 36.6 Å². The van der Waals surface area contributed by atoms with Gasteiger partial charge >= 0.3 is 6.03 Å². The van der Waals surface area contributed by atoms with Crippen molar-refractivity contribution in [1.29, 1.82) is 0 Å². The number of carbonyl (C=O) groups is 3. The Kier molecular flexibility index (Phi) is 6.39. The third kappa shape index (κ3) is 4.74. The first-order chi connectivity index (χ1) is 15.5. The van der Waals surface area contributed by atoms with Gasteiger partial charge in [-0.2, -0.15) is 0 Å². The molecule has 2 N–H and O–H groups in total. The van der Waals surface area contributed by atoms with Gasteiger partial charge in [-0.1, -0.05) is 30.3 Å². The largest absolute Gasteiger partial charge is 0.497 e. The van der Waals surface area contributed by atoms with Crippen LogP contribution in [0.5, 0.6) is 5.75 Å². The van der Waals surface area contributed by atoms with E-state index >= 15 is 0 Å². The van der Waals surface area contributed by atoms with Gasteiger partial charge in [0.2, 0.25) is 5.91 Å². The molecule has 0 spiro atoms. The van der Waals surface area contributed by atoms with Crippen molar-refractivity contribution in [2.75, 3.05) is 13.7 Å². The summed E-state index contributed by atoms with van der Waals surface area (Å²) < 4.78 is 7.31. The molecule has 2 aromatic carbocycles. The molecule has 0 aliphatic carbocycles.